The molecule has 0 N–H and O–H groups in total. The molecule has 1 unspecified atom stereocenters. The van der Waals surface area contributed by atoms with Crippen molar-refractivity contribution in [2.75, 3.05) is 11.4 Å². The molecule has 10 heteroatoms. The van der Waals surface area contributed by atoms with E-state index in [4.69, 9.17) is 0 Å². The maximum Gasteiger partial charge on any atom is 0.307 e. The van der Waals surface area contributed by atoms with E-state index in [9.17, 15) is 27.2 Å². The summed E-state index contributed by atoms with van der Waals surface area (Å²) in [5, 5.41) is 9.54. The molecule has 0 bridgehead atoms. The third-order valence-electron chi connectivity index (χ3n) is 2.93. The van der Waals surface area contributed by atoms with Crippen molar-refractivity contribution in [3.63, 3.8) is 0 Å². The van der Waals surface area contributed by atoms with Gasteiger partial charge in [-0.15, -0.1) is 3.89 Å². The fourth-order valence-corrected chi connectivity index (χ4v) is 3.17. The molecule has 0 aromatic heterocycles. The minimum absolute atomic E-state index is 0.0551. The van der Waals surface area contributed by atoms with Crippen molar-refractivity contribution in [1.29, 1.82) is 0 Å². The van der Waals surface area contributed by atoms with Gasteiger partial charge in [-0.1, -0.05) is 6.07 Å². The van der Waals surface area contributed by atoms with E-state index in [1.165, 1.54) is 18.2 Å². The normalized spacial score (nSPS) is 19.4. The molecule has 1 saturated heterocycles. The average Bonchev–Trinajstić information content (AvgIpc) is 2.70. The zero-order valence-electron chi connectivity index (χ0n) is 9.82. The molecule has 1 aliphatic rings. The van der Waals surface area contributed by atoms with Gasteiger partial charge < -0.3 is 4.90 Å². The van der Waals surface area contributed by atoms with E-state index in [-0.39, 0.29) is 15.8 Å². The van der Waals surface area contributed by atoms with Crippen LogP contribution in [0, 0.1) is 10.1 Å². The molecule has 1 amide bonds. The second kappa shape index (κ2) is 5.09. The Kier molecular flexibility index (Phi) is 3.78. The summed E-state index contributed by atoms with van der Waals surface area (Å²) in [6.07, 6.45) is -0.525. The van der Waals surface area contributed by atoms with Crippen LogP contribution >= 0.6 is 15.9 Å². The molecule has 0 aliphatic carbocycles. The quantitative estimate of drug-likeness (QED) is 0.461. The first-order chi connectivity index (χ1) is 9.21. The zero-order valence-corrected chi connectivity index (χ0v) is 12.2. The monoisotopic (exact) mass is 366 g/mol. The van der Waals surface area contributed by atoms with Gasteiger partial charge in [0.05, 0.1) is 9.40 Å². The number of nitro groups is 1. The highest BCUT2D eigenvalue weighted by atomic mass is 79.9. The van der Waals surface area contributed by atoms with Crippen molar-refractivity contribution in [2.45, 2.75) is 11.7 Å². The molecule has 1 aliphatic heterocycles. The SMILES string of the molecule is O=C1CC(S(=O)(=O)F)CN1c1cccc(Br)c1[N+](=O)[O-]. The van der Waals surface area contributed by atoms with Gasteiger partial charge in [0.15, 0.2) is 0 Å². The summed E-state index contributed by atoms with van der Waals surface area (Å²) in [4.78, 5) is 23.0. The zero-order chi connectivity index (χ0) is 15.1. The van der Waals surface area contributed by atoms with Gasteiger partial charge >= 0.3 is 15.9 Å². The van der Waals surface area contributed by atoms with Gasteiger partial charge in [-0.05, 0) is 28.1 Å². The lowest BCUT2D eigenvalue weighted by atomic mass is 10.2. The number of hydrogen-bond acceptors (Lipinski definition) is 5. The molecule has 0 spiro atoms. The first kappa shape index (κ1) is 14.9. The standard InChI is InChI=1S/C10H8BrFN2O5S/c11-7-2-1-3-8(10(7)14(16)17)13-5-6(4-9(13)15)20(12,18)19/h1-3,6H,4-5H2. The Morgan fingerprint density at radius 1 is 1.45 bits per heavy atom. The number of carbonyl (C=O) groups excluding carboxylic acids is 1. The van der Waals surface area contributed by atoms with Crippen LogP contribution in [0.5, 0.6) is 0 Å². The number of carbonyl (C=O) groups is 1. The third-order valence-corrected chi connectivity index (χ3v) is 4.68. The number of nitrogens with zero attached hydrogens (tertiary/aromatic N) is 2. The van der Waals surface area contributed by atoms with Crippen LogP contribution in [0.25, 0.3) is 0 Å². The van der Waals surface area contributed by atoms with Crippen LogP contribution in [0.2, 0.25) is 0 Å². The number of benzene rings is 1. The van der Waals surface area contributed by atoms with Crippen LogP contribution in [0.3, 0.4) is 0 Å². The number of nitro benzene ring substituents is 1. The Morgan fingerprint density at radius 3 is 2.60 bits per heavy atom. The van der Waals surface area contributed by atoms with Crippen LogP contribution in [0.4, 0.5) is 15.3 Å². The number of rotatable bonds is 3. The Balaban J connectivity index is 2.46. The summed E-state index contributed by atoms with van der Waals surface area (Å²) >= 11 is 3.00. The van der Waals surface area contributed by atoms with Gasteiger partial charge in [0.1, 0.15) is 10.9 Å². The van der Waals surface area contributed by atoms with Crippen molar-refractivity contribution < 1.29 is 22.0 Å². The Hall–Kier alpha value is -1.55. The van der Waals surface area contributed by atoms with Gasteiger partial charge in [-0.3, -0.25) is 14.9 Å². The highest BCUT2D eigenvalue weighted by Gasteiger charge is 2.41. The van der Waals surface area contributed by atoms with Crippen LogP contribution in [-0.4, -0.2) is 31.0 Å². The minimum Gasteiger partial charge on any atom is -0.305 e. The van der Waals surface area contributed by atoms with Gasteiger partial charge in [0.2, 0.25) is 5.91 Å². The summed E-state index contributed by atoms with van der Waals surface area (Å²) in [5.41, 5.74) is -0.418. The molecular weight excluding hydrogens is 359 g/mol. The summed E-state index contributed by atoms with van der Waals surface area (Å²) in [5.74, 6) is -0.669. The largest absolute Gasteiger partial charge is 0.307 e. The second-order valence-corrected chi connectivity index (χ2v) is 6.64. The number of anilines is 1. The summed E-state index contributed by atoms with van der Waals surface area (Å²) in [7, 11) is -4.86. The first-order valence-electron chi connectivity index (χ1n) is 5.38. The van der Waals surface area contributed by atoms with Gasteiger partial charge in [0, 0.05) is 13.0 Å². The van der Waals surface area contributed by atoms with Crippen LogP contribution < -0.4 is 4.90 Å². The van der Waals surface area contributed by atoms with Gasteiger partial charge in [-0.2, -0.15) is 8.42 Å². The van der Waals surface area contributed by atoms with E-state index in [2.05, 4.69) is 15.9 Å². The van der Waals surface area contributed by atoms with Crippen LogP contribution in [-0.2, 0) is 15.0 Å². The summed E-state index contributed by atoms with van der Waals surface area (Å²) < 4.78 is 34.8. The molecule has 2 rings (SSSR count). The van der Waals surface area contributed by atoms with Crippen LogP contribution in [0.1, 0.15) is 6.42 Å². The first-order valence-corrected chi connectivity index (χ1v) is 7.62. The smallest absolute Gasteiger partial charge is 0.305 e. The fourth-order valence-electron chi connectivity index (χ4n) is 2.00. The molecule has 108 valence electrons. The lowest BCUT2D eigenvalue weighted by Crippen LogP contribution is -2.27. The lowest BCUT2D eigenvalue weighted by Gasteiger charge is -2.16. The van der Waals surface area contributed by atoms with E-state index < -0.39 is 39.3 Å². The van der Waals surface area contributed by atoms with Gasteiger partial charge in [0.25, 0.3) is 0 Å². The highest BCUT2D eigenvalue weighted by molar-refractivity contribution is 9.10. The Labute approximate surface area is 121 Å². The number of para-hydroxylation sites is 1. The molecule has 0 radical (unpaired) electrons. The molecule has 0 saturated carbocycles. The second-order valence-electron chi connectivity index (χ2n) is 4.17. The van der Waals surface area contributed by atoms with Crippen molar-refractivity contribution >= 4 is 43.4 Å². The summed E-state index contributed by atoms with van der Waals surface area (Å²) in [6, 6.07) is 4.20. The maximum absolute atomic E-state index is 12.9. The van der Waals surface area contributed by atoms with Crippen LogP contribution in [0.15, 0.2) is 22.7 Å². The molecule has 1 atom stereocenters. The van der Waals surface area contributed by atoms with E-state index >= 15 is 0 Å². The predicted molar refractivity (Wildman–Crippen MR) is 71.6 cm³/mol. The number of halogens is 2. The molecule has 1 aromatic carbocycles. The van der Waals surface area contributed by atoms with Crippen molar-refractivity contribution in [3.05, 3.63) is 32.8 Å². The molecule has 1 heterocycles. The number of amides is 1. The Morgan fingerprint density at radius 2 is 2.10 bits per heavy atom. The van der Waals surface area contributed by atoms with E-state index in [1.807, 2.05) is 0 Å². The van der Waals surface area contributed by atoms with Crippen molar-refractivity contribution in [1.82, 2.24) is 0 Å². The Bertz CT molecular complexity index is 693. The van der Waals surface area contributed by atoms with E-state index in [0.29, 0.717) is 0 Å². The third kappa shape index (κ3) is 2.66. The summed E-state index contributed by atoms with van der Waals surface area (Å²) in [6.45, 7) is -0.436. The predicted octanol–water partition coefficient (Wildman–Crippen LogP) is 1.76. The van der Waals surface area contributed by atoms with Gasteiger partial charge in [-0.25, -0.2) is 0 Å². The molecule has 1 fully saturated rings. The fraction of sp³-hybridized carbons (Fsp3) is 0.300. The van der Waals surface area contributed by atoms with E-state index in [1.54, 1.807) is 0 Å². The topological polar surface area (TPSA) is 97.6 Å². The van der Waals surface area contributed by atoms with Crippen molar-refractivity contribution in [2.24, 2.45) is 0 Å². The number of hydrogen-bond donors (Lipinski definition) is 0. The molecular formula is C10H8BrFN2O5S. The molecule has 7 nitrogen and oxygen atoms in total. The minimum atomic E-state index is -4.86. The average molecular weight is 367 g/mol. The lowest BCUT2D eigenvalue weighted by molar-refractivity contribution is -0.384. The molecule has 20 heavy (non-hydrogen) atoms. The maximum atomic E-state index is 12.9. The van der Waals surface area contributed by atoms with E-state index in [0.717, 1.165) is 4.90 Å². The van der Waals surface area contributed by atoms with Crippen molar-refractivity contribution in [3.8, 4) is 0 Å². The highest BCUT2D eigenvalue weighted by Crippen LogP contribution is 2.37. The molecule has 1 aromatic rings.